The highest BCUT2D eigenvalue weighted by Crippen LogP contribution is 2.26. The van der Waals surface area contributed by atoms with E-state index in [0.29, 0.717) is 41.9 Å². The highest BCUT2D eigenvalue weighted by Gasteiger charge is 2.32. The lowest BCUT2D eigenvalue weighted by molar-refractivity contribution is -0.121. The van der Waals surface area contributed by atoms with Gasteiger partial charge in [0, 0.05) is 31.2 Å². The second-order valence-corrected chi connectivity index (χ2v) is 10.5. The highest BCUT2D eigenvalue weighted by molar-refractivity contribution is 7.89. The van der Waals surface area contributed by atoms with E-state index in [9.17, 15) is 13.2 Å². The fourth-order valence-electron chi connectivity index (χ4n) is 3.80. The predicted molar refractivity (Wildman–Crippen MR) is 129 cm³/mol. The monoisotopic (exact) mass is 491 g/mol. The first kappa shape index (κ1) is 23.0. The first-order chi connectivity index (χ1) is 15.3. The van der Waals surface area contributed by atoms with Gasteiger partial charge in [-0.15, -0.1) is 0 Å². The van der Waals surface area contributed by atoms with Crippen LogP contribution in [0.3, 0.4) is 0 Å². The van der Waals surface area contributed by atoms with E-state index in [-0.39, 0.29) is 10.8 Å². The van der Waals surface area contributed by atoms with Gasteiger partial charge in [0.25, 0.3) is 0 Å². The van der Waals surface area contributed by atoms with E-state index >= 15 is 0 Å². The second-order valence-electron chi connectivity index (χ2n) is 7.74. The van der Waals surface area contributed by atoms with Crippen LogP contribution in [0.15, 0.2) is 65.6 Å². The van der Waals surface area contributed by atoms with Crippen LogP contribution in [0.5, 0.6) is 0 Å². The smallest absolute Gasteiger partial charge is 0.243 e. The Morgan fingerprint density at radius 1 is 0.938 bits per heavy atom. The molecule has 168 valence electrons. The number of nitrogens with one attached hydrogen (secondary N) is 1. The van der Waals surface area contributed by atoms with Gasteiger partial charge in [-0.3, -0.25) is 9.69 Å². The molecule has 1 amide bonds. The maximum atomic E-state index is 13.2. The maximum Gasteiger partial charge on any atom is 0.243 e. The van der Waals surface area contributed by atoms with Crippen molar-refractivity contribution in [1.82, 2.24) is 9.21 Å². The predicted octanol–water partition coefficient (Wildman–Crippen LogP) is 4.48. The summed E-state index contributed by atoms with van der Waals surface area (Å²) in [6.45, 7) is 3.31. The third-order valence-corrected chi connectivity index (χ3v) is 8.20. The Kier molecular flexibility index (Phi) is 6.74. The van der Waals surface area contributed by atoms with E-state index in [4.69, 9.17) is 23.2 Å². The zero-order chi connectivity index (χ0) is 22.9. The summed E-state index contributed by atoms with van der Waals surface area (Å²) in [4.78, 5) is 15.0. The number of fused-ring (bicyclic) bond motifs is 1. The van der Waals surface area contributed by atoms with Gasteiger partial charge in [-0.05, 0) is 48.0 Å². The first-order valence-electron chi connectivity index (χ1n) is 10.2. The number of piperazine rings is 1. The molecule has 0 unspecified atom stereocenters. The lowest BCUT2D eigenvalue weighted by atomic mass is 10.1. The average molecular weight is 492 g/mol. The summed E-state index contributed by atoms with van der Waals surface area (Å²) < 4.78 is 27.8. The fourth-order valence-corrected chi connectivity index (χ4v) is 5.60. The number of carbonyl (C=O) groups excluding carboxylic acids is 1. The van der Waals surface area contributed by atoms with E-state index < -0.39 is 16.1 Å². The van der Waals surface area contributed by atoms with Gasteiger partial charge in [0.2, 0.25) is 15.9 Å². The summed E-state index contributed by atoms with van der Waals surface area (Å²) in [6.07, 6.45) is 0. The van der Waals surface area contributed by atoms with Crippen molar-refractivity contribution in [3.8, 4) is 0 Å². The van der Waals surface area contributed by atoms with Gasteiger partial charge in [0.1, 0.15) is 0 Å². The number of benzene rings is 3. The van der Waals surface area contributed by atoms with Gasteiger partial charge in [-0.25, -0.2) is 8.42 Å². The second kappa shape index (κ2) is 9.37. The Labute approximate surface area is 197 Å². The summed E-state index contributed by atoms with van der Waals surface area (Å²) in [7, 11) is -3.61. The number of hydrogen-bond acceptors (Lipinski definition) is 4. The van der Waals surface area contributed by atoms with Crippen molar-refractivity contribution in [2.45, 2.75) is 17.9 Å². The number of sulfonamides is 1. The van der Waals surface area contributed by atoms with E-state index in [1.54, 1.807) is 37.3 Å². The largest absolute Gasteiger partial charge is 0.323 e. The Morgan fingerprint density at radius 3 is 2.34 bits per heavy atom. The molecule has 32 heavy (non-hydrogen) atoms. The van der Waals surface area contributed by atoms with E-state index in [1.807, 2.05) is 35.2 Å². The van der Waals surface area contributed by atoms with Crippen molar-refractivity contribution in [2.24, 2.45) is 0 Å². The zero-order valence-electron chi connectivity index (χ0n) is 17.5. The SMILES string of the molecule is C[C@@H](C(=O)Nc1cc(Cl)ccc1Cl)N1CCN(S(=O)(=O)c2ccc3ccccc3c2)CC1. The Hall–Kier alpha value is -2.16. The molecule has 1 saturated heterocycles. The van der Waals surface area contributed by atoms with Crippen molar-refractivity contribution in [3.63, 3.8) is 0 Å². The van der Waals surface area contributed by atoms with Crippen molar-refractivity contribution in [2.75, 3.05) is 31.5 Å². The first-order valence-corrected chi connectivity index (χ1v) is 12.4. The van der Waals surface area contributed by atoms with Gasteiger partial charge in [-0.2, -0.15) is 4.31 Å². The lowest BCUT2D eigenvalue weighted by Gasteiger charge is -2.36. The Balaban J connectivity index is 1.41. The minimum Gasteiger partial charge on any atom is -0.323 e. The van der Waals surface area contributed by atoms with Crippen molar-refractivity contribution < 1.29 is 13.2 Å². The number of halogens is 2. The third-order valence-electron chi connectivity index (χ3n) is 5.75. The fraction of sp³-hybridized carbons (Fsp3) is 0.261. The van der Waals surface area contributed by atoms with Crippen LogP contribution >= 0.6 is 23.2 Å². The molecule has 1 aliphatic rings. The van der Waals surface area contributed by atoms with Crippen LogP contribution in [-0.2, 0) is 14.8 Å². The van der Waals surface area contributed by atoms with Gasteiger partial charge in [0.15, 0.2) is 0 Å². The third kappa shape index (κ3) is 4.77. The van der Waals surface area contributed by atoms with Crippen molar-refractivity contribution in [1.29, 1.82) is 0 Å². The molecule has 0 saturated carbocycles. The minimum absolute atomic E-state index is 0.222. The molecule has 3 aromatic rings. The van der Waals surface area contributed by atoms with Crippen LogP contribution in [0.4, 0.5) is 5.69 Å². The summed E-state index contributed by atoms with van der Waals surface area (Å²) in [6, 6.07) is 17.3. The van der Waals surface area contributed by atoms with Crippen LogP contribution < -0.4 is 5.32 Å². The Morgan fingerprint density at radius 2 is 1.62 bits per heavy atom. The molecule has 0 radical (unpaired) electrons. The molecule has 0 aromatic heterocycles. The molecule has 0 spiro atoms. The molecule has 0 aliphatic carbocycles. The number of nitrogens with zero attached hydrogens (tertiary/aromatic N) is 2. The normalized spacial score (nSPS) is 16.7. The lowest BCUT2D eigenvalue weighted by Crippen LogP contribution is -2.53. The van der Waals surface area contributed by atoms with Crippen LogP contribution in [-0.4, -0.2) is 55.8 Å². The van der Waals surface area contributed by atoms with Gasteiger partial charge in [0.05, 0.1) is 21.6 Å². The summed E-state index contributed by atoms with van der Waals surface area (Å²) in [5.41, 5.74) is 0.452. The number of hydrogen-bond donors (Lipinski definition) is 1. The quantitative estimate of drug-likeness (QED) is 0.571. The van der Waals surface area contributed by atoms with Crippen LogP contribution in [0.1, 0.15) is 6.92 Å². The van der Waals surface area contributed by atoms with E-state index in [2.05, 4.69) is 5.32 Å². The van der Waals surface area contributed by atoms with Crippen LogP contribution in [0.25, 0.3) is 10.8 Å². The van der Waals surface area contributed by atoms with Crippen LogP contribution in [0, 0.1) is 0 Å². The topological polar surface area (TPSA) is 69.7 Å². The number of amides is 1. The molecular weight excluding hydrogens is 469 g/mol. The molecule has 9 heteroatoms. The van der Waals surface area contributed by atoms with Gasteiger partial charge < -0.3 is 5.32 Å². The molecule has 6 nitrogen and oxygen atoms in total. The standard InChI is InChI=1S/C23H23Cl2N3O3S/c1-16(23(29)26-22-15-19(24)7-9-21(22)25)27-10-12-28(13-11-27)32(30,31)20-8-6-17-4-2-3-5-18(17)14-20/h2-9,14-16H,10-13H2,1H3,(H,26,29)/t16-/m0/s1. The van der Waals surface area contributed by atoms with E-state index in [1.165, 1.54) is 4.31 Å². The molecular formula is C23H23Cl2N3O3S. The average Bonchev–Trinajstić information content (AvgIpc) is 2.80. The summed E-state index contributed by atoms with van der Waals surface area (Å²) >= 11 is 12.1. The molecule has 3 aromatic carbocycles. The molecule has 1 fully saturated rings. The number of anilines is 1. The molecule has 4 rings (SSSR count). The maximum absolute atomic E-state index is 13.2. The summed E-state index contributed by atoms with van der Waals surface area (Å²) in [5.74, 6) is -0.222. The van der Waals surface area contributed by atoms with Gasteiger partial charge in [-0.1, -0.05) is 53.5 Å². The number of rotatable bonds is 5. The molecule has 1 heterocycles. The molecule has 1 N–H and O–H groups in total. The van der Waals surface area contributed by atoms with Crippen molar-refractivity contribution >= 4 is 55.6 Å². The van der Waals surface area contributed by atoms with Gasteiger partial charge >= 0.3 is 0 Å². The van der Waals surface area contributed by atoms with E-state index in [0.717, 1.165) is 10.8 Å². The zero-order valence-corrected chi connectivity index (χ0v) is 19.8. The Bertz CT molecular complexity index is 1260. The highest BCUT2D eigenvalue weighted by atomic mass is 35.5. The van der Waals surface area contributed by atoms with Crippen molar-refractivity contribution in [3.05, 3.63) is 70.7 Å². The molecule has 1 atom stereocenters. The van der Waals surface area contributed by atoms with Crippen LogP contribution in [0.2, 0.25) is 10.0 Å². The molecule has 1 aliphatic heterocycles. The number of carbonyl (C=O) groups is 1. The summed E-state index contributed by atoms with van der Waals surface area (Å²) in [5, 5.41) is 5.57. The minimum atomic E-state index is -3.61. The molecule has 0 bridgehead atoms.